The van der Waals surface area contributed by atoms with Crippen LogP contribution >= 0.6 is 0 Å². The van der Waals surface area contributed by atoms with E-state index >= 15 is 0 Å². The van der Waals surface area contributed by atoms with Crippen LogP contribution in [0.2, 0.25) is 0 Å². The van der Waals surface area contributed by atoms with Crippen LogP contribution in [0.5, 0.6) is 0 Å². The Kier molecular flexibility index (Phi) is 6.28. The fraction of sp³-hybridized carbons (Fsp3) is 1.00. The van der Waals surface area contributed by atoms with Crippen molar-refractivity contribution in [1.29, 1.82) is 0 Å². The minimum absolute atomic E-state index is 0.289. The van der Waals surface area contributed by atoms with Gasteiger partial charge in [-0.25, -0.2) is 8.42 Å². The molecular formula is C8H20N2O2S. The molecule has 0 unspecified atom stereocenters. The van der Waals surface area contributed by atoms with Gasteiger partial charge in [0, 0.05) is 19.3 Å². The molecule has 0 radical (unpaired) electrons. The molecule has 0 aliphatic rings. The third-order valence-corrected chi connectivity index (χ3v) is 2.83. The summed E-state index contributed by atoms with van der Waals surface area (Å²) in [6.45, 7) is 2.74. The van der Waals surface area contributed by atoms with Crippen LogP contribution in [-0.4, -0.2) is 59.1 Å². The second-order valence-electron chi connectivity index (χ2n) is 3.39. The molecule has 0 aromatic rings. The standard InChI is InChI=1S/C8H20N2O2S/c1-9-5-7-10(2)6-4-8-13(3,11)12/h9H,4-8H2,1-3H3. The van der Waals surface area contributed by atoms with Gasteiger partial charge in [-0.2, -0.15) is 0 Å². The first-order valence-electron chi connectivity index (χ1n) is 4.46. The molecule has 0 saturated heterocycles. The summed E-state index contributed by atoms with van der Waals surface area (Å²) in [6, 6.07) is 0. The molecule has 0 heterocycles. The number of nitrogens with zero attached hydrogens (tertiary/aromatic N) is 1. The summed E-state index contributed by atoms with van der Waals surface area (Å²) in [5.74, 6) is 0.289. The average molecular weight is 208 g/mol. The number of rotatable bonds is 7. The molecule has 0 amide bonds. The molecule has 0 aliphatic heterocycles. The number of hydrogen-bond acceptors (Lipinski definition) is 4. The predicted molar refractivity (Wildman–Crippen MR) is 55.8 cm³/mol. The van der Waals surface area contributed by atoms with Crippen LogP contribution in [0.3, 0.4) is 0 Å². The van der Waals surface area contributed by atoms with Gasteiger partial charge in [-0.1, -0.05) is 0 Å². The van der Waals surface area contributed by atoms with E-state index < -0.39 is 9.84 Å². The monoisotopic (exact) mass is 208 g/mol. The summed E-state index contributed by atoms with van der Waals surface area (Å²) >= 11 is 0. The Morgan fingerprint density at radius 3 is 2.38 bits per heavy atom. The maximum absolute atomic E-state index is 10.8. The van der Waals surface area contributed by atoms with E-state index in [4.69, 9.17) is 0 Å². The van der Waals surface area contributed by atoms with Gasteiger partial charge in [0.25, 0.3) is 0 Å². The molecule has 0 aliphatic carbocycles. The van der Waals surface area contributed by atoms with Gasteiger partial charge in [-0.15, -0.1) is 0 Å². The van der Waals surface area contributed by atoms with Gasteiger partial charge < -0.3 is 10.2 Å². The zero-order valence-electron chi connectivity index (χ0n) is 8.71. The first-order chi connectivity index (χ1) is 5.95. The molecule has 5 heteroatoms. The smallest absolute Gasteiger partial charge is 0.147 e. The average Bonchev–Trinajstić information content (AvgIpc) is 1.98. The van der Waals surface area contributed by atoms with E-state index in [2.05, 4.69) is 10.2 Å². The maximum Gasteiger partial charge on any atom is 0.147 e. The molecule has 1 N–H and O–H groups in total. The third kappa shape index (κ3) is 9.79. The largest absolute Gasteiger partial charge is 0.318 e. The van der Waals surface area contributed by atoms with Crippen LogP contribution in [-0.2, 0) is 9.84 Å². The lowest BCUT2D eigenvalue weighted by molar-refractivity contribution is 0.336. The lowest BCUT2D eigenvalue weighted by Gasteiger charge is -2.15. The molecule has 0 bridgehead atoms. The second-order valence-corrected chi connectivity index (χ2v) is 5.65. The Bertz CT molecular complexity index is 214. The fourth-order valence-corrected chi connectivity index (χ4v) is 1.66. The molecule has 13 heavy (non-hydrogen) atoms. The Balaban J connectivity index is 3.42. The van der Waals surface area contributed by atoms with Crippen molar-refractivity contribution in [3.8, 4) is 0 Å². The minimum atomic E-state index is -2.78. The maximum atomic E-state index is 10.8. The van der Waals surface area contributed by atoms with E-state index in [-0.39, 0.29) is 5.75 Å². The zero-order chi connectivity index (χ0) is 10.3. The molecule has 0 saturated carbocycles. The number of hydrogen-bond donors (Lipinski definition) is 1. The van der Waals surface area contributed by atoms with Gasteiger partial charge in [0.2, 0.25) is 0 Å². The van der Waals surface area contributed by atoms with Crippen LogP contribution in [0.25, 0.3) is 0 Å². The molecule has 0 fully saturated rings. The van der Waals surface area contributed by atoms with E-state index in [1.54, 1.807) is 0 Å². The molecule has 0 spiro atoms. The lowest BCUT2D eigenvalue weighted by atomic mass is 10.4. The SMILES string of the molecule is CNCCN(C)CCCS(C)(=O)=O. The Morgan fingerprint density at radius 2 is 1.92 bits per heavy atom. The highest BCUT2D eigenvalue weighted by atomic mass is 32.2. The molecule has 0 rings (SSSR count). The number of sulfone groups is 1. The highest BCUT2D eigenvalue weighted by molar-refractivity contribution is 7.90. The van der Waals surface area contributed by atoms with Crippen molar-refractivity contribution in [2.24, 2.45) is 0 Å². The Hall–Kier alpha value is -0.130. The van der Waals surface area contributed by atoms with Gasteiger partial charge in [0.1, 0.15) is 9.84 Å². The van der Waals surface area contributed by atoms with Crippen LogP contribution in [0, 0.1) is 0 Å². The van der Waals surface area contributed by atoms with Crippen molar-refractivity contribution >= 4 is 9.84 Å². The van der Waals surface area contributed by atoms with Crippen LogP contribution in [0.4, 0.5) is 0 Å². The van der Waals surface area contributed by atoms with Crippen LogP contribution in [0.15, 0.2) is 0 Å². The highest BCUT2D eigenvalue weighted by Crippen LogP contribution is 1.91. The molecule has 0 aromatic heterocycles. The van der Waals surface area contributed by atoms with Crippen molar-refractivity contribution < 1.29 is 8.42 Å². The van der Waals surface area contributed by atoms with Crippen molar-refractivity contribution in [3.05, 3.63) is 0 Å². The first kappa shape index (κ1) is 12.9. The normalized spacial score (nSPS) is 12.3. The van der Waals surface area contributed by atoms with Gasteiger partial charge in [-0.3, -0.25) is 0 Å². The topological polar surface area (TPSA) is 49.4 Å². The van der Waals surface area contributed by atoms with E-state index in [0.717, 1.165) is 26.1 Å². The van der Waals surface area contributed by atoms with E-state index in [9.17, 15) is 8.42 Å². The summed E-state index contributed by atoms with van der Waals surface area (Å²) in [5, 5.41) is 3.05. The quantitative estimate of drug-likeness (QED) is 0.617. The van der Waals surface area contributed by atoms with Crippen molar-refractivity contribution in [2.45, 2.75) is 6.42 Å². The highest BCUT2D eigenvalue weighted by Gasteiger charge is 2.03. The summed E-state index contributed by atoms with van der Waals surface area (Å²) in [7, 11) is 1.12. The molecule has 0 atom stereocenters. The Morgan fingerprint density at radius 1 is 1.31 bits per heavy atom. The van der Waals surface area contributed by atoms with Crippen molar-refractivity contribution in [2.75, 3.05) is 45.7 Å². The molecule has 80 valence electrons. The molecule has 0 aromatic carbocycles. The van der Waals surface area contributed by atoms with E-state index in [0.29, 0.717) is 0 Å². The van der Waals surface area contributed by atoms with Gasteiger partial charge >= 0.3 is 0 Å². The van der Waals surface area contributed by atoms with Crippen LogP contribution < -0.4 is 5.32 Å². The minimum Gasteiger partial charge on any atom is -0.318 e. The third-order valence-electron chi connectivity index (χ3n) is 1.80. The van der Waals surface area contributed by atoms with Crippen molar-refractivity contribution in [1.82, 2.24) is 10.2 Å². The predicted octanol–water partition coefficient (Wildman–Crippen LogP) is -0.428. The lowest BCUT2D eigenvalue weighted by Crippen LogP contribution is -2.29. The number of likely N-dealkylation sites (N-methyl/N-ethyl adjacent to an activating group) is 2. The first-order valence-corrected chi connectivity index (χ1v) is 6.52. The van der Waals surface area contributed by atoms with E-state index in [1.807, 2.05) is 14.1 Å². The van der Waals surface area contributed by atoms with Gasteiger partial charge in [0.05, 0.1) is 5.75 Å². The summed E-state index contributed by atoms with van der Waals surface area (Å²) < 4.78 is 21.6. The fourth-order valence-electron chi connectivity index (χ4n) is 1.01. The molecule has 4 nitrogen and oxygen atoms in total. The van der Waals surface area contributed by atoms with Crippen molar-refractivity contribution in [3.63, 3.8) is 0 Å². The number of nitrogens with one attached hydrogen (secondary N) is 1. The van der Waals surface area contributed by atoms with Gasteiger partial charge in [-0.05, 0) is 27.1 Å². The van der Waals surface area contributed by atoms with Crippen LogP contribution in [0.1, 0.15) is 6.42 Å². The van der Waals surface area contributed by atoms with Gasteiger partial charge in [0.15, 0.2) is 0 Å². The molecular weight excluding hydrogens is 188 g/mol. The zero-order valence-corrected chi connectivity index (χ0v) is 9.52. The summed E-state index contributed by atoms with van der Waals surface area (Å²) in [5.41, 5.74) is 0. The summed E-state index contributed by atoms with van der Waals surface area (Å²) in [6.07, 6.45) is 2.00. The summed E-state index contributed by atoms with van der Waals surface area (Å²) in [4.78, 5) is 2.13. The second kappa shape index (κ2) is 6.34. The van der Waals surface area contributed by atoms with E-state index in [1.165, 1.54) is 6.26 Å². The Labute approximate surface area is 81.2 Å².